The van der Waals surface area contributed by atoms with E-state index in [1.165, 1.54) is 0 Å². The van der Waals surface area contributed by atoms with Gasteiger partial charge in [0.2, 0.25) is 5.95 Å². The molecule has 3 heterocycles. The topological polar surface area (TPSA) is 69.6 Å². The number of carboxylic acid groups (broad SMARTS) is 1. The van der Waals surface area contributed by atoms with Crippen LogP contribution in [-0.2, 0) is 17.1 Å². The maximum atomic E-state index is 14.4. The first-order valence-electron chi connectivity index (χ1n) is 9.38. The summed E-state index contributed by atoms with van der Waals surface area (Å²) in [5.74, 6) is -1.70. The number of aromatic nitrogens is 2. The number of alkyl halides is 2. The summed E-state index contributed by atoms with van der Waals surface area (Å²) in [6.07, 6.45) is 1.38. The van der Waals surface area contributed by atoms with Crippen molar-refractivity contribution in [1.29, 1.82) is 0 Å². The number of nitrogens with zero attached hydrogens (tertiary/aromatic N) is 4. The lowest BCUT2D eigenvalue weighted by Crippen LogP contribution is -2.47. The van der Waals surface area contributed by atoms with E-state index in [4.69, 9.17) is 10.1 Å². The molecule has 6 nitrogen and oxygen atoms in total. The average molecular weight is 364 g/mol. The second-order valence-electron chi connectivity index (χ2n) is 8.20. The third-order valence-corrected chi connectivity index (χ3v) is 6.67. The van der Waals surface area contributed by atoms with Gasteiger partial charge in [-0.2, -0.15) is 13.8 Å². The second-order valence-corrected chi connectivity index (χ2v) is 8.20. The zero-order valence-electron chi connectivity index (χ0n) is 14.7. The highest BCUT2D eigenvalue weighted by Crippen LogP contribution is 2.54. The van der Waals surface area contributed by atoms with E-state index in [0.29, 0.717) is 54.7 Å². The molecule has 3 unspecified atom stereocenters. The molecule has 2 aliphatic heterocycles. The van der Waals surface area contributed by atoms with Gasteiger partial charge in [0.25, 0.3) is 5.92 Å². The fourth-order valence-corrected chi connectivity index (χ4v) is 4.92. The number of rotatable bonds is 4. The molecule has 0 spiro atoms. The lowest BCUT2D eigenvalue weighted by molar-refractivity contribution is -0.137. The predicted molar refractivity (Wildman–Crippen MR) is 90.6 cm³/mol. The van der Waals surface area contributed by atoms with Crippen molar-refractivity contribution in [2.45, 2.75) is 44.6 Å². The summed E-state index contributed by atoms with van der Waals surface area (Å²) < 4.78 is 28.7. The molecule has 3 fully saturated rings. The highest BCUT2D eigenvalue weighted by atomic mass is 19.3. The molecule has 3 atom stereocenters. The van der Waals surface area contributed by atoms with Crippen LogP contribution in [0.5, 0.6) is 0 Å². The van der Waals surface area contributed by atoms with E-state index < -0.39 is 11.9 Å². The fourth-order valence-electron chi connectivity index (χ4n) is 4.92. The highest BCUT2D eigenvalue weighted by Gasteiger charge is 2.57. The smallest absolute Gasteiger partial charge is 0.303 e. The fraction of sp³-hybridized carbons (Fsp3) is 0.722. The predicted octanol–water partition coefficient (Wildman–Crippen LogP) is 2.27. The Balaban J connectivity index is 1.44. The molecular weight excluding hydrogens is 342 g/mol. The van der Waals surface area contributed by atoms with Gasteiger partial charge in [0.15, 0.2) is 0 Å². The minimum Gasteiger partial charge on any atom is -0.481 e. The number of anilines is 2. The van der Waals surface area contributed by atoms with Crippen molar-refractivity contribution in [2.24, 2.45) is 17.8 Å². The van der Waals surface area contributed by atoms with E-state index in [1.807, 2.05) is 4.90 Å². The van der Waals surface area contributed by atoms with Crippen LogP contribution in [0, 0.1) is 17.8 Å². The molecule has 1 aromatic rings. The molecule has 5 rings (SSSR count). The van der Waals surface area contributed by atoms with Gasteiger partial charge in [0, 0.05) is 44.1 Å². The lowest BCUT2D eigenvalue weighted by atomic mass is 10.0. The normalized spacial score (nSPS) is 33.7. The van der Waals surface area contributed by atoms with Crippen LogP contribution in [0.4, 0.5) is 20.5 Å². The molecule has 8 heteroatoms. The Hall–Kier alpha value is -1.99. The van der Waals surface area contributed by atoms with Crippen molar-refractivity contribution in [3.63, 3.8) is 0 Å². The number of hydrogen-bond donors (Lipinski definition) is 1. The van der Waals surface area contributed by atoms with Gasteiger partial charge in [-0.05, 0) is 37.5 Å². The van der Waals surface area contributed by atoms with Gasteiger partial charge in [-0.15, -0.1) is 0 Å². The standard InChI is InChI=1S/C18H22F2N4O2/c1-9-3-5-24(9)16-10-2-4-18(19,20)15(10)21-17(22-16)23-7-12-11(6-14(25)26)13(12)8-23/h9,11-13H,2-8H2,1H3,(H,25,26). The summed E-state index contributed by atoms with van der Waals surface area (Å²) in [5.41, 5.74) is 0.512. The third-order valence-electron chi connectivity index (χ3n) is 6.67. The SMILES string of the molecule is CC1CCN1c1nc(N2CC3C(CC(=O)O)C3C2)nc2c1CCC2(F)F. The van der Waals surface area contributed by atoms with Crippen molar-refractivity contribution < 1.29 is 18.7 Å². The number of halogens is 2. The number of hydrogen-bond acceptors (Lipinski definition) is 5. The number of aliphatic carboxylic acids is 1. The Morgan fingerprint density at radius 2 is 2.04 bits per heavy atom. The van der Waals surface area contributed by atoms with E-state index in [1.54, 1.807) is 0 Å². The number of carboxylic acids is 1. The number of carbonyl (C=O) groups is 1. The molecule has 0 radical (unpaired) electrons. The maximum Gasteiger partial charge on any atom is 0.303 e. The monoisotopic (exact) mass is 364 g/mol. The quantitative estimate of drug-likeness (QED) is 0.884. The van der Waals surface area contributed by atoms with Crippen LogP contribution in [0.1, 0.15) is 37.4 Å². The summed E-state index contributed by atoms with van der Waals surface area (Å²) in [7, 11) is 0. The largest absolute Gasteiger partial charge is 0.481 e. The Bertz CT molecular complexity index is 775. The first kappa shape index (κ1) is 16.2. The summed E-state index contributed by atoms with van der Waals surface area (Å²) >= 11 is 0. The summed E-state index contributed by atoms with van der Waals surface area (Å²) in [4.78, 5) is 23.9. The van der Waals surface area contributed by atoms with Gasteiger partial charge in [0.05, 0.1) is 0 Å². The Labute approximate surface area is 150 Å². The van der Waals surface area contributed by atoms with Crippen molar-refractivity contribution in [1.82, 2.24) is 9.97 Å². The number of fused-ring (bicyclic) bond motifs is 2. The van der Waals surface area contributed by atoms with Gasteiger partial charge >= 0.3 is 5.97 Å². The van der Waals surface area contributed by atoms with Crippen molar-refractivity contribution in [3.05, 3.63) is 11.3 Å². The molecule has 1 aromatic heterocycles. The maximum absolute atomic E-state index is 14.4. The molecule has 2 aliphatic carbocycles. The highest BCUT2D eigenvalue weighted by molar-refractivity contribution is 5.68. The molecule has 1 N–H and O–H groups in total. The van der Waals surface area contributed by atoms with E-state index in [0.717, 1.165) is 13.0 Å². The second kappa shape index (κ2) is 5.27. The van der Waals surface area contributed by atoms with Gasteiger partial charge in [0.1, 0.15) is 11.5 Å². The van der Waals surface area contributed by atoms with Gasteiger partial charge < -0.3 is 14.9 Å². The van der Waals surface area contributed by atoms with Gasteiger partial charge in [-0.3, -0.25) is 4.79 Å². The molecule has 0 amide bonds. The van der Waals surface area contributed by atoms with Gasteiger partial charge in [-0.1, -0.05) is 0 Å². The number of piperidine rings is 1. The van der Waals surface area contributed by atoms with Crippen LogP contribution in [0.25, 0.3) is 0 Å². The van der Waals surface area contributed by atoms with Crippen LogP contribution in [0.2, 0.25) is 0 Å². The molecular formula is C18H22F2N4O2. The van der Waals surface area contributed by atoms with Crippen molar-refractivity contribution >= 4 is 17.7 Å². The van der Waals surface area contributed by atoms with E-state index in [9.17, 15) is 13.6 Å². The molecule has 0 bridgehead atoms. The van der Waals surface area contributed by atoms with Crippen LogP contribution < -0.4 is 9.80 Å². The Morgan fingerprint density at radius 1 is 1.31 bits per heavy atom. The van der Waals surface area contributed by atoms with Gasteiger partial charge in [-0.25, -0.2) is 4.98 Å². The van der Waals surface area contributed by atoms with Crippen molar-refractivity contribution in [3.8, 4) is 0 Å². The summed E-state index contributed by atoms with van der Waals surface area (Å²) in [6.45, 7) is 4.28. The van der Waals surface area contributed by atoms with Crippen LogP contribution in [0.15, 0.2) is 0 Å². The molecule has 26 heavy (non-hydrogen) atoms. The molecule has 2 saturated heterocycles. The summed E-state index contributed by atoms with van der Waals surface area (Å²) in [5, 5.41) is 8.95. The zero-order chi connectivity index (χ0) is 18.2. The zero-order valence-corrected chi connectivity index (χ0v) is 14.7. The van der Waals surface area contributed by atoms with Crippen LogP contribution in [0.3, 0.4) is 0 Å². The van der Waals surface area contributed by atoms with E-state index >= 15 is 0 Å². The van der Waals surface area contributed by atoms with Crippen LogP contribution >= 0.6 is 0 Å². The molecule has 140 valence electrons. The Kier molecular flexibility index (Phi) is 3.28. The minimum atomic E-state index is -2.88. The van der Waals surface area contributed by atoms with Crippen LogP contribution in [-0.4, -0.2) is 46.7 Å². The summed E-state index contributed by atoms with van der Waals surface area (Å²) in [6, 6.07) is 0.322. The Morgan fingerprint density at radius 3 is 2.62 bits per heavy atom. The molecule has 0 aromatic carbocycles. The molecule has 1 saturated carbocycles. The first-order valence-corrected chi connectivity index (χ1v) is 9.38. The van der Waals surface area contributed by atoms with Crippen molar-refractivity contribution in [2.75, 3.05) is 29.4 Å². The first-order chi connectivity index (χ1) is 12.3. The molecule has 4 aliphatic rings. The minimum absolute atomic E-state index is 0.0979. The third kappa shape index (κ3) is 2.30. The van der Waals surface area contributed by atoms with E-state index in [-0.39, 0.29) is 24.5 Å². The average Bonchev–Trinajstić information content (AvgIpc) is 2.93. The van der Waals surface area contributed by atoms with E-state index in [2.05, 4.69) is 16.8 Å². The lowest BCUT2D eigenvalue weighted by Gasteiger charge is -2.41.